The number of imide groups is 1. The van der Waals surface area contributed by atoms with Crippen molar-refractivity contribution in [1.82, 2.24) is 10.6 Å². The van der Waals surface area contributed by atoms with Crippen LogP contribution in [0.15, 0.2) is 12.1 Å². The number of hydrogen-bond donors (Lipinski definition) is 4. The van der Waals surface area contributed by atoms with Gasteiger partial charge in [-0.05, 0) is 42.9 Å². The van der Waals surface area contributed by atoms with Gasteiger partial charge in [0.25, 0.3) is 0 Å². The normalized spacial score (nSPS) is 32.3. The first-order chi connectivity index (χ1) is 13.7. The van der Waals surface area contributed by atoms with Crippen molar-refractivity contribution in [3.05, 3.63) is 28.8 Å². The zero-order chi connectivity index (χ0) is 20.9. The van der Waals surface area contributed by atoms with Gasteiger partial charge in [-0.15, -0.1) is 0 Å². The topological polar surface area (TPSA) is 116 Å². The molecule has 7 nitrogen and oxygen atoms in total. The largest absolute Gasteiger partial charge is 0.507 e. The third-order valence-electron chi connectivity index (χ3n) is 7.08. The van der Waals surface area contributed by atoms with Gasteiger partial charge in [-0.3, -0.25) is 25.0 Å². The van der Waals surface area contributed by atoms with Gasteiger partial charge in [0.15, 0.2) is 0 Å². The number of amides is 2. The summed E-state index contributed by atoms with van der Waals surface area (Å²) in [6.07, 6.45) is 5.54. The second kappa shape index (κ2) is 7.13. The summed E-state index contributed by atoms with van der Waals surface area (Å²) in [5.74, 6) is -3.30. The summed E-state index contributed by atoms with van der Waals surface area (Å²) >= 11 is 0. The molecule has 2 saturated heterocycles. The van der Waals surface area contributed by atoms with Gasteiger partial charge < -0.3 is 10.2 Å². The van der Waals surface area contributed by atoms with Crippen LogP contribution in [0.4, 0.5) is 0 Å². The molecule has 2 amide bonds. The Balaban J connectivity index is 1.78. The number of aliphatic carboxylic acids is 1. The van der Waals surface area contributed by atoms with Gasteiger partial charge >= 0.3 is 5.97 Å². The second-order valence-electron chi connectivity index (χ2n) is 8.97. The molecule has 0 radical (unpaired) electrons. The monoisotopic (exact) mass is 400 g/mol. The number of rotatable bonds is 4. The van der Waals surface area contributed by atoms with E-state index in [2.05, 4.69) is 10.6 Å². The van der Waals surface area contributed by atoms with Gasteiger partial charge in [-0.1, -0.05) is 44.2 Å². The Kier molecular flexibility index (Phi) is 4.89. The van der Waals surface area contributed by atoms with Crippen LogP contribution in [-0.2, 0) is 14.4 Å². The lowest BCUT2D eigenvalue weighted by molar-refractivity contribution is -0.150. The number of aromatic hydroxyl groups is 1. The van der Waals surface area contributed by atoms with Gasteiger partial charge in [-0.2, -0.15) is 0 Å². The lowest BCUT2D eigenvalue weighted by atomic mass is 9.72. The van der Waals surface area contributed by atoms with E-state index < -0.39 is 41.2 Å². The standard InChI is InChI=1S/C22H28N2O5/c1-11-8-14(9-12(2)18(11)25)17-15-16(20(27)23-19(15)26)22(24-17,21(28)29)10-13-6-4-3-5-7-13/h8-9,13,15-17,24-25H,3-7,10H2,1-2H3,(H,28,29)(H,23,26,27). The molecule has 4 unspecified atom stereocenters. The summed E-state index contributed by atoms with van der Waals surface area (Å²) in [5, 5.41) is 26.0. The third-order valence-corrected chi connectivity index (χ3v) is 7.08. The van der Waals surface area contributed by atoms with Crippen molar-refractivity contribution in [3.63, 3.8) is 0 Å². The highest BCUT2D eigenvalue weighted by atomic mass is 16.4. The Morgan fingerprint density at radius 3 is 2.31 bits per heavy atom. The number of benzene rings is 1. The van der Waals surface area contributed by atoms with E-state index >= 15 is 0 Å². The maximum Gasteiger partial charge on any atom is 0.324 e. The first-order valence-electron chi connectivity index (χ1n) is 10.4. The smallest absolute Gasteiger partial charge is 0.324 e. The number of phenolic OH excluding ortho intramolecular Hbond substituents is 1. The highest BCUT2D eigenvalue weighted by molar-refractivity contribution is 6.09. The van der Waals surface area contributed by atoms with Crippen molar-refractivity contribution in [2.45, 2.75) is 64.0 Å². The van der Waals surface area contributed by atoms with Gasteiger partial charge in [0.1, 0.15) is 11.3 Å². The number of carboxylic acids is 1. The van der Waals surface area contributed by atoms with Crippen LogP contribution in [0.25, 0.3) is 0 Å². The number of nitrogens with one attached hydrogen (secondary N) is 2. The van der Waals surface area contributed by atoms with E-state index in [1.807, 2.05) is 0 Å². The Morgan fingerprint density at radius 1 is 1.10 bits per heavy atom. The summed E-state index contributed by atoms with van der Waals surface area (Å²) in [6, 6.07) is 2.95. The van der Waals surface area contributed by atoms with E-state index in [9.17, 15) is 24.6 Å². The molecule has 0 aromatic heterocycles. The van der Waals surface area contributed by atoms with Gasteiger partial charge in [-0.25, -0.2) is 0 Å². The maximum atomic E-state index is 12.7. The van der Waals surface area contributed by atoms with Gasteiger partial charge in [0, 0.05) is 6.04 Å². The quantitative estimate of drug-likeness (QED) is 0.577. The fourth-order valence-corrected chi connectivity index (χ4v) is 5.70. The van der Waals surface area contributed by atoms with Crippen molar-refractivity contribution in [2.24, 2.45) is 17.8 Å². The average Bonchev–Trinajstić information content (AvgIpc) is 3.17. The molecule has 0 spiro atoms. The molecule has 29 heavy (non-hydrogen) atoms. The van der Waals surface area contributed by atoms with Crippen LogP contribution in [0.2, 0.25) is 0 Å². The molecule has 1 aromatic rings. The van der Waals surface area contributed by atoms with E-state index in [0.717, 1.165) is 37.7 Å². The Hall–Kier alpha value is -2.41. The molecule has 4 rings (SSSR count). The number of aryl methyl sites for hydroxylation is 2. The molecule has 0 bridgehead atoms. The summed E-state index contributed by atoms with van der Waals surface area (Å²) in [4.78, 5) is 38.0. The van der Waals surface area contributed by atoms with Crippen molar-refractivity contribution in [2.75, 3.05) is 0 Å². The molecule has 4 N–H and O–H groups in total. The van der Waals surface area contributed by atoms with E-state index in [1.54, 1.807) is 26.0 Å². The van der Waals surface area contributed by atoms with Crippen molar-refractivity contribution in [3.8, 4) is 5.75 Å². The Morgan fingerprint density at radius 2 is 1.72 bits per heavy atom. The molecule has 2 heterocycles. The number of phenols is 1. The van der Waals surface area contributed by atoms with Crippen molar-refractivity contribution in [1.29, 1.82) is 0 Å². The zero-order valence-corrected chi connectivity index (χ0v) is 16.8. The van der Waals surface area contributed by atoms with E-state index in [0.29, 0.717) is 17.5 Å². The molecule has 3 aliphatic rings. The highest BCUT2D eigenvalue weighted by Gasteiger charge is 2.66. The average molecular weight is 400 g/mol. The van der Waals surface area contributed by atoms with E-state index in [-0.39, 0.29) is 11.7 Å². The minimum absolute atomic E-state index is 0.182. The highest BCUT2D eigenvalue weighted by Crippen LogP contribution is 2.50. The first kappa shape index (κ1) is 19.9. The van der Waals surface area contributed by atoms with E-state index in [1.165, 1.54) is 0 Å². The van der Waals surface area contributed by atoms with Crippen LogP contribution in [0, 0.1) is 31.6 Å². The van der Waals surface area contributed by atoms with Crippen molar-refractivity contribution < 1.29 is 24.6 Å². The van der Waals surface area contributed by atoms with Gasteiger partial charge in [0.05, 0.1) is 11.8 Å². The SMILES string of the molecule is Cc1cc(C2NC(CC3CCCCC3)(C(=O)O)C3C(=O)NC(=O)C23)cc(C)c1O. The molecule has 1 saturated carbocycles. The molecule has 4 atom stereocenters. The van der Waals surface area contributed by atoms with Crippen LogP contribution in [0.3, 0.4) is 0 Å². The van der Waals surface area contributed by atoms with Gasteiger partial charge in [0.2, 0.25) is 11.8 Å². The minimum Gasteiger partial charge on any atom is -0.507 e. The predicted molar refractivity (Wildman–Crippen MR) is 105 cm³/mol. The maximum absolute atomic E-state index is 12.7. The fourth-order valence-electron chi connectivity index (χ4n) is 5.70. The summed E-state index contributed by atoms with van der Waals surface area (Å²) < 4.78 is 0. The number of fused-ring (bicyclic) bond motifs is 1. The van der Waals surface area contributed by atoms with Crippen LogP contribution < -0.4 is 10.6 Å². The molecule has 3 fully saturated rings. The molecule has 1 aliphatic carbocycles. The van der Waals surface area contributed by atoms with Crippen LogP contribution in [-0.4, -0.2) is 33.5 Å². The molecule has 1 aromatic carbocycles. The number of hydrogen-bond acceptors (Lipinski definition) is 5. The first-order valence-corrected chi connectivity index (χ1v) is 10.4. The van der Waals surface area contributed by atoms with E-state index in [4.69, 9.17) is 0 Å². The van der Waals surface area contributed by atoms with Crippen LogP contribution in [0.5, 0.6) is 5.75 Å². The van der Waals surface area contributed by atoms with Crippen molar-refractivity contribution >= 4 is 17.8 Å². The summed E-state index contributed by atoms with van der Waals surface area (Å²) in [5.41, 5.74) is 0.573. The summed E-state index contributed by atoms with van der Waals surface area (Å²) in [6.45, 7) is 3.54. The molecule has 2 aliphatic heterocycles. The lowest BCUT2D eigenvalue weighted by Gasteiger charge is -2.35. The minimum atomic E-state index is -1.47. The molecular weight excluding hydrogens is 372 g/mol. The molecule has 7 heteroatoms. The van der Waals surface area contributed by atoms with Crippen LogP contribution in [0.1, 0.15) is 61.3 Å². The number of carbonyl (C=O) groups is 3. The number of carboxylic acid groups (broad SMARTS) is 1. The van der Waals surface area contributed by atoms with Crippen LogP contribution >= 0.6 is 0 Å². The predicted octanol–water partition coefficient (Wildman–Crippen LogP) is 2.34. The third kappa shape index (κ3) is 3.12. The lowest BCUT2D eigenvalue weighted by Crippen LogP contribution is -2.56. The molecule has 156 valence electrons. The second-order valence-corrected chi connectivity index (χ2v) is 8.97. The number of carbonyl (C=O) groups excluding carboxylic acids is 2. The Bertz CT molecular complexity index is 853. The molecular formula is C22H28N2O5. The Labute approximate surface area is 169 Å². The fraction of sp³-hybridized carbons (Fsp3) is 0.591. The summed E-state index contributed by atoms with van der Waals surface area (Å²) in [7, 11) is 0. The zero-order valence-electron chi connectivity index (χ0n) is 16.8.